The highest BCUT2D eigenvalue weighted by atomic mass is 19.2. The molecule has 130 valence electrons. The van der Waals surface area contributed by atoms with E-state index in [1.54, 1.807) is 32.1 Å². The second-order valence-electron chi connectivity index (χ2n) is 5.49. The molecule has 2 aromatic rings. The zero-order chi connectivity index (χ0) is 18.7. The van der Waals surface area contributed by atoms with Crippen LogP contribution in [0.25, 0.3) is 16.7 Å². The van der Waals surface area contributed by atoms with Gasteiger partial charge in [-0.05, 0) is 54.8 Å². The molecular formula is C20H15F5. The Labute approximate surface area is 142 Å². The van der Waals surface area contributed by atoms with Gasteiger partial charge in [0.2, 0.25) is 0 Å². The molecular weight excluding hydrogens is 335 g/mol. The third-order valence-corrected chi connectivity index (χ3v) is 3.51. The Bertz CT molecular complexity index is 845. The molecule has 2 aromatic carbocycles. The van der Waals surface area contributed by atoms with E-state index in [-0.39, 0.29) is 5.56 Å². The van der Waals surface area contributed by atoms with Gasteiger partial charge in [0.1, 0.15) is 11.6 Å². The molecule has 25 heavy (non-hydrogen) atoms. The Balaban J connectivity index is 2.57. The molecule has 2 rings (SSSR count). The molecule has 0 aliphatic rings. The summed E-state index contributed by atoms with van der Waals surface area (Å²) < 4.78 is 68.5. The van der Waals surface area contributed by atoms with Gasteiger partial charge in [0.05, 0.1) is 5.56 Å². The number of hydrogen-bond acceptors (Lipinski definition) is 0. The van der Waals surface area contributed by atoms with Crippen LogP contribution in [-0.2, 0) is 0 Å². The smallest absolute Gasteiger partial charge is 0.194 e. The molecule has 0 aliphatic carbocycles. The standard InChI is InChI=1S/C20H15F5/c1-4-12(6-5-11(2)3)13-7-15(21)19(16(22)8-13)14-9-17(23)20(25)18(24)10-14/h4-10H,2H2,1,3H3/b6-5-,12-4+. The van der Waals surface area contributed by atoms with Gasteiger partial charge in [-0.1, -0.05) is 30.4 Å². The van der Waals surface area contributed by atoms with Crippen LogP contribution in [0, 0.1) is 29.1 Å². The maximum Gasteiger partial charge on any atom is 0.194 e. The Morgan fingerprint density at radius 2 is 1.36 bits per heavy atom. The second-order valence-corrected chi connectivity index (χ2v) is 5.49. The van der Waals surface area contributed by atoms with E-state index < -0.39 is 40.2 Å². The van der Waals surface area contributed by atoms with Crippen LogP contribution in [0.3, 0.4) is 0 Å². The molecule has 0 saturated heterocycles. The summed E-state index contributed by atoms with van der Waals surface area (Å²) >= 11 is 0. The highest BCUT2D eigenvalue weighted by Crippen LogP contribution is 2.31. The van der Waals surface area contributed by atoms with Crippen LogP contribution < -0.4 is 0 Å². The number of hydrogen-bond donors (Lipinski definition) is 0. The lowest BCUT2D eigenvalue weighted by Gasteiger charge is -2.10. The van der Waals surface area contributed by atoms with E-state index in [9.17, 15) is 22.0 Å². The number of rotatable bonds is 4. The van der Waals surface area contributed by atoms with Crippen LogP contribution in [-0.4, -0.2) is 0 Å². The van der Waals surface area contributed by atoms with E-state index in [0.717, 1.165) is 17.7 Å². The number of halogens is 5. The molecule has 0 nitrogen and oxygen atoms in total. The SMILES string of the molecule is C=C(C)/C=C\C(=C/C)c1cc(F)c(-c2cc(F)c(F)c(F)c2)c(F)c1. The summed E-state index contributed by atoms with van der Waals surface area (Å²) in [5.41, 5.74) is 0.512. The molecule has 0 aromatic heterocycles. The van der Waals surface area contributed by atoms with Crippen LogP contribution in [0.2, 0.25) is 0 Å². The fourth-order valence-corrected chi connectivity index (χ4v) is 2.31. The molecule has 5 heteroatoms. The third-order valence-electron chi connectivity index (χ3n) is 3.51. The first-order chi connectivity index (χ1) is 11.7. The summed E-state index contributed by atoms with van der Waals surface area (Å²) in [6.07, 6.45) is 4.99. The normalized spacial score (nSPS) is 12.0. The minimum absolute atomic E-state index is 0.252. The highest BCUT2D eigenvalue weighted by Gasteiger charge is 2.18. The fourth-order valence-electron chi connectivity index (χ4n) is 2.31. The maximum absolute atomic E-state index is 14.4. The van der Waals surface area contributed by atoms with E-state index in [4.69, 9.17) is 0 Å². The lowest BCUT2D eigenvalue weighted by atomic mass is 9.98. The van der Waals surface area contributed by atoms with Crippen molar-refractivity contribution in [3.8, 4) is 11.1 Å². The monoisotopic (exact) mass is 350 g/mol. The summed E-state index contributed by atoms with van der Waals surface area (Å²) in [5, 5.41) is 0. The van der Waals surface area contributed by atoms with Crippen molar-refractivity contribution < 1.29 is 22.0 Å². The lowest BCUT2D eigenvalue weighted by Crippen LogP contribution is -1.97. The topological polar surface area (TPSA) is 0 Å². The van der Waals surface area contributed by atoms with Gasteiger partial charge < -0.3 is 0 Å². The highest BCUT2D eigenvalue weighted by molar-refractivity contribution is 5.77. The van der Waals surface area contributed by atoms with Gasteiger partial charge in [0, 0.05) is 0 Å². The molecule has 0 atom stereocenters. The van der Waals surface area contributed by atoms with Crippen molar-refractivity contribution in [2.24, 2.45) is 0 Å². The first-order valence-electron chi connectivity index (χ1n) is 7.38. The first kappa shape index (κ1) is 18.6. The van der Waals surface area contributed by atoms with Crippen molar-refractivity contribution in [2.45, 2.75) is 13.8 Å². The largest absolute Gasteiger partial charge is 0.206 e. The molecule has 0 N–H and O–H groups in total. The summed E-state index contributed by atoms with van der Waals surface area (Å²) in [7, 11) is 0. The molecule has 0 spiro atoms. The van der Waals surface area contributed by atoms with E-state index in [1.165, 1.54) is 0 Å². The first-order valence-corrected chi connectivity index (χ1v) is 7.38. The van der Waals surface area contributed by atoms with Gasteiger partial charge >= 0.3 is 0 Å². The van der Waals surface area contributed by atoms with Gasteiger partial charge in [0.25, 0.3) is 0 Å². The molecule has 0 bridgehead atoms. The maximum atomic E-state index is 14.4. The zero-order valence-corrected chi connectivity index (χ0v) is 13.6. The van der Waals surface area contributed by atoms with Gasteiger partial charge in [-0.15, -0.1) is 0 Å². The fraction of sp³-hybridized carbons (Fsp3) is 0.100. The minimum Gasteiger partial charge on any atom is -0.206 e. The van der Waals surface area contributed by atoms with Crippen molar-refractivity contribution in [1.82, 2.24) is 0 Å². The zero-order valence-electron chi connectivity index (χ0n) is 13.6. The van der Waals surface area contributed by atoms with Crippen LogP contribution >= 0.6 is 0 Å². The number of benzene rings is 2. The predicted molar refractivity (Wildman–Crippen MR) is 89.3 cm³/mol. The van der Waals surface area contributed by atoms with Crippen molar-refractivity contribution in [3.05, 3.63) is 89.3 Å². The summed E-state index contributed by atoms with van der Waals surface area (Å²) in [6.45, 7) is 7.17. The lowest BCUT2D eigenvalue weighted by molar-refractivity contribution is 0.447. The van der Waals surface area contributed by atoms with Crippen molar-refractivity contribution in [3.63, 3.8) is 0 Å². The van der Waals surface area contributed by atoms with Crippen LogP contribution in [0.15, 0.2) is 54.6 Å². The van der Waals surface area contributed by atoms with Crippen molar-refractivity contribution >= 4 is 5.57 Å². The number of allylic oxidation sites excluding steroid dienone is 5. The summed E-state index contributed by atoms with van der Waals surface area (Å²) in [4.78, 5) is 0. The van der Waals surface area contributed by atoms with Gasteiger partial charge in [-0.2, -0.15) is 0 Å². The molecule has 0 heterocycles. The van der Waals surface area contributed by atoms with E-state index >= 15 is 0 Å². The molecule has 0 aliphatic heterocycles. The molecule has 0 amide bonds. The second kappa shape index (κ2) is 7.47. The van der Waals surface area contributed by atoms with Crippen LogP contribution in [0.1, 0.15) is 19.4 Å². The van der Waals surface area contributed by atoms with Crippen LogP contribution in [0.4, 0.5) is 22.0 Å². The van der Waals surface area contributed by atoms with Gasteiger partial charge in [-0.25, -0.2) is 22.0 Å². The Hall–Kier alpha value is -2.69. The average molecular weight is 350 g/mol. The van der Waals surface area contributed by atoms with Gasteiger partial charge in [-0.3, -0.25) is 0 Å². The summed E-state index contributed by atoms with van der Waals surface area (Å²) in [6, 6.07) is 3.21. The van der Waals surface area contributed by atoms with Crippen LogP contribution in [0.5, 0.6) is 0 Å². The Morgan fingerprint density at radius 1 is 0.840 bits per heavy atom. The summed E-state index contributed by atoms with van der Waals surface area (Å²) in [5.74, 6) is -6.75. The van der Waals surface area contributed by atoms with Crippen molar-refractivity contribution in [1.29, 1.82) is 0 Å². The van der Waals surface area contributed by atoms with E-state index in [2.05, 4.69) is 6.58 Å². The molecule has 0 radical (unpaired) electrons. The molecule has 0 fully saturated rings. The Morgan fingerprint density at radius 3 is 1.80 bits per heavy atom. The third kappa shape index (κ3) is 4.05. The Kier molecular flexibility index (Phi) is 5.57. The minimum atomic E-state index is -1.69. The molecule has 0 saturated carbocycles. The average Bonchev–Trinajstić information content (AvgIpc) is 2.52. The quantitative estimate of drug-likeness (QED) is 0.332. The van der Waals surface area contributed by atoms with Gasteiger partial charge in [0.15, 0.2) is 17.5 Å². The molecule has 0 unspecified atom stereocenters. The van der Waals surface area contributed by atoms with E-state index in [0.29, 0.717) is 17.7 Å². The van der Waals surface area contributed by atoms with Crippen molar-refractivity contribution in [2.75, 3.05) is 0 Å². The predicted octanol–water partition coefficient (Wildman–Crippen LogP) is 6.58. The van der Waals surface area contributed by atoms with E-state index in [1.807, 2.05) is 0 Å².